The van der Waals surface area contributed by atoms with E-state index in [0.29, 0.717) is 6.61 Å². The first-order valence-electron chi connectivity index (χ1n) is 6.74. The van der Waals surface area contributed by atoms with E-state index in [4.69, 9.17) is 4.74 Å². The summed E-state index contributed by atoms with van der Waals surface area (Å²) in [7, 11) is 0. The lowest BCUT2D eigenvalue weighted by Crippen LogP contribution is -2.01. The number of para-hydroxylation sites is 1. The van der Waals surface area contributed by atoms with Gasteiger partial charge in [-0.15, -0.1) is 0 Å². The molecule has 0 amide bonds. The van der Waals surface area contributed by atoms with Gasteiger partial charge < -0.3 is 9.84 Å². The molecule has 0 spiro atoms. The van der Waals surface area contributed by atoms with Gasteiger partial charge in [-0.3, -0.25) is 4.68 Å². The van der Waals surface area contributed by atoms with Gasteiger partial charge in [0.25, 0.3) is 0 Å². The molecular formula is C15H18N2O2. The Morgan fingerprint density at radius 3 is 3.21 bits per heavy atom. The van der Waals surface area contributed by atoms with Crippen molar-refractivity contribution in [1.29, 1.82) is 0 Å². The van der Waals surface area contributed by atoms with Gasteiger partial charge in [0.05, 0.1) is 12.8 Å². The molecule has 3 rings (SSSR count). The summed E-state index contributed by atoms with van der Waals surface area (Å²) in [6.45, 7) is 3.68. The molecule has 1 aliphatic heterocycles. The first-order valence-corrected chi connectivity index (χ1v) is 6.74. The van der Waals surface area contributed by atoms with Crippen molar-refractivity contribution in [3.8, 4) is 5.75 Å². The van der Waals surface area contributed by atoms with Gasteiger partial charge in [0.1, 0.15) is 11.9 Å². The van der Waals surface area contributed by atoms with Crippen LogP contribution in [0.1, 0.15) is 36.1 Å². The molecule has 1 aliphatic rings. The number of aryl methyl sites for hydroxylation is 1. The Balaban J connectivity index is 1.91. The summed E-state index contributed by atoms with van der Waals surface area (Å²) in [5.74, 6) is 0.846. The average molecular weight is 258 g/mol. The van der Waals surface area contributed by atoms with E-state index in [-0.39, 0.29) is 0 Å². The van der Waals surface area contributed by atoms with Crippen LogP contribution in [0.4, 0.5) is 0 Å². The van der Waals surface area contributed by atoms with E-state index in [0.717, 1.165) is 36.3 Å². The number of nitrogens with zero attached hydrogens (tertiary/aromatic N) is 2. The molecule has 0 bridgehead atoms. The molecule has 0 radical (unpaired) electrons. The minimum absolute atomic E-state index is 0.668. The fraction of sp³-hybridized carbons (Fsp3) is 0.400. The fourth-order valence-electron chi connectivity index (χ4n) is 2.51. The van der Waals surface area contributed by atoms with E-state index in [1.54, 1.807) is 6.20 Å². The van der Waals surface area contributed by atoms with Gasteiger partial charge in [0.2, 0.25) is 0 Å². The Labute approximate surface area is 112 Å². The Morgan fingerprint density at radius 2 is 2.37 bits per heavy atom. The fourth-order valence-corrected chi connectivity index (χ4v) is 2.51. The van der Waals surface area contributed by atoms with Crippen LogP contribution < -0.4 is 4.74 Å². The summed E-state index contributed by atoms with van der Waals surface area (Å²) in [5.41, 5.74) is 2.83. The van der Waals surface area contributed by atoms with E-state index in [1.165, 1.54) is 5.56 Å². The number of benzene rings is 1. The van der Waals surface area contributed by atoms with Crippen LogP contribution in [-0.4, -0.2) is 21.5 Å². The van der Waals surface area contributed by atoms with Gasteiger partial charge in [0.15, 0.2) is 0 Å². The van der Waals surface area contributed by atoms with Crippen molar-refractivity contribution in [2.75, 3.05) is 6.61 Å². The van der Waals surface area contributed by atoms with Crippen LogP contribution >= 0.6 is 0 Å². The first-order chi connectivity index (χ1) is 9.29. The molecule has 2 aromatic rings. The monoisotopic (exact) mass is 258 g/mol. The summed E-state index contributed by atoms with van der Waals surface area (Å²) in [5, 5.41) is 14.8. The Morgan fingerprint density at radius 1 is 1.47 bits per heavy atom. The van der Waals surface area contributed by atoms with Crippen LogP contribution in [0, 0.1) is 0 Å². The second kappa shape index (κ2) is 5.05. The Hall–Kier alpha value is -1.81. The molecule has 1 N–H and O–H groups in total. The SMILES string of the molecule is CCCn1cc(C(O)c2cccc3c2OCC3)cn1. The van der Waals surface area contributed by atoms with Crippen molar-refractivity contribution in [1.82, 2.24) is 9.78 Å². The normalized spacial score (nSPS) is 15.1. The zero-order chi connectivity index (χ0) is 13.2. The number of ether oxygens (including phenoxy) is 1. The maximum absolute atomic E-state index is 10.5. The standard InChI is InChI=1S/C15H18N2O2/c1-2-7-17-10-12(9-16-17)14(18)13-5-3-4-11-6-8-19-15(11)13/h3-5,9-10,14,18H,2,6-8H2,1H3. The molecule has 1 aromatic carbocycles. The molecule has 4 heteroatoms. The van der Waals surface area contributed by atoms with Gasteiger partial charge in [0, 0.05) is 30.3 Å². The lowest BCUT2D eigenvalue weighted by atomic mass is 10.0. The maximum Gasteiger partial charge on any atom is 0.128 e. The van der Waals surface area contributed by atoms with Crippen molar-refractivity contribution < 1.29 is 9.84 Å². The van der Waals surface area contributed by atoms with E-state index in [1.807, 2.05) is 23.0 Å². The van der Waals surface area contributed by atoms with Crippen LogP contribution in [0.25, 0.3) is 0 Å². The van der Waals surface area contributed by atoms with Crippen molar-refractivity contribution in [2.24, 2.45) is 0 Å². The lowest BCUT2D eigenvalue weighted by Gasteiger charge is -2.13. The van der Waals surface area contributed by atoms with Crippen molar-refractivity contribution in [2.45, 2.75) is 32.4 Å². The molecule has 2 heterocycles. The third kappa shape index (κ3) is 2.24. The number of fused-ring (bicyclic) bond motifs is 1. The van der Waals surface area contributed by atoms with Gasteiger partial charge in [-0.1, -0.05) is 25.1 Å². The van der Waals surface area contributed by atoms with Gasteiger partial charge in [-0.2, -0.15) is 5.10 Å². The van der Waals surface area contributed by atoms with Crippen LogP contribution in [-0.2, 0) is 13.0 Å². The third-order valence-electron chi connectivity index (χ3n) is 3.46. The zero-order valence-electron chi connectivity index (χ0n) is 11.0. The van der Waals surface area contributed by atoms with E-state index in [9.17, 15) is 5.11 Å². The summed E-state index contributed by atoms with van der Waals surface area (Å²) in [6.07, 6.45) is 4.92. The van der Waals surface area contributed by atoms with Gasteiger partial charge >= 0.3 is 0 Å². The average Bonchev–Trinajstić information content (AvgIpc) is 3.06. The summed E-state index contributed by atoms with van der Waals surface area (Å²) < 4.78 is 7.50. The molecule has 1 atom stereocenters. The van der Waals surface area contributed by atoms with E-state index < -0.39 is 6.10 Å². The van der Waals surface area contributed by atoms with Crippen molar-refractivity contribution in [3.05, 3.63) is 47.3 Å². The minimum atomic E-state index is -0.668. The largest absolute Gasteiger partial charge is 0.493 e. The molecule has 4 nitrogen and oxygen atoms in total. The Kier molecular flexibility index (Phi) is 3.25. The van der Waals surface area contributed by atoms with Gasteiger partial charge in [-0.05, 0) is 12.0 Å². The predicted molar refractivity (Wildman–Crippen MR) is 72.2 cm³/mol. The number of aliphatic hydroxyl groups excluding tert-OH is 1. The van der Waals surface area contributed by atoms with E-state index >= 15 is 0 Å². The summed E-state index contributed by atoms with van der Waals surface area (Å²) in [6, 6.07) is 5.95. The second-order valence-corrected chi connectivity index (χ2v) is 4.87. The van der Waals surface area contributed by atoms with Crippen LogP contribution in [0.2, 0.25) is 0 Å². The quantitative estimate of drug-likeness (QED) is 0.915. The number of hydrogen-bond donors (Lipinski definition) is 1. The number of aromatic nitrogens is 2. The molecule has 1 aromatic heterocycles. The highest BCUT2D eigenvalue weighted by atomic mass is 16.5. The highest BCUT2D eigenvalue weighted by Crippen LogP contribution is 2.35. The molecule has 0 fully saturated rings. The number of rotatable bonds is 4. The molecule has 0 saturated carbocycles. The predicted octanol–water partition coefficient (Wildman–Crippen LogP) is 2.31. The summed E-state index contributed by atoms with van der Waals surface area (Å²) in [4.78, 5) is 0. The van der Waals surface area contributed by atoms with Crippen LogP contribution in [0.3, 0.4) is 0 Å². The molecule has 100 valence electrons. The highest BCUT2D eigenvalue weighted by Gasteiger charge is 2.22. The molecule has 1 unspecified atom stereocenters. The topological polar surface area (TPSA) is 47.3 Å². The molecule has 0 saturated heterocycles. The van der Waals surface area contributed by atoms with Crippen LogP contribution in [0.15, 0.2) is 30.6 Å². The van der Waals surface area contributed by atoms with Crippen molar-refractivity contribution in [3.63, 3.8) is 0 Å². The van der Waals surface area contributed by atoms with E-state index in [2.05, 4.69) is 18.1 Å². The molecule has 19 heavy (non-hydrogen) atoms. The highest BCUT2D eigenvalue weighted by molar-refractivity contribution is 5.47. The zero-order valence-corrected chi connectivity index (χ0v) is 11.0. The third-order valence-corrected chi connectivity index (χ3v) is 3.46. The first kappa shape index (κ1) is 12.2. The smallest absolute Gasteiger partial charge is 0.128 e. The van der Waals surface area contributed by atoms with Crippen LogP contribution in [0.5, 0.6) is 5.75 Å². The van der Waals surface area contributed by atoms with Crippen molar-refractivity contribution >= 4 is 0 Å². The second-order valence-electron chi connectivity index (χ2n) is 4.87. The maximum atomic E-state index is 10.5. The number of aliphatic hydroxyl groups is 1. The molecular weight excluding hydrogens is 240 g/mol. The summed E-state index contributed by atoms with van der Waals surface area (Å²) >= 11 is 0. The Bertz CT molecular complexity index is 577. The van der Waals surface area contributed by atoms with Gasteiger partial charge in [-0.25, -0.2) is 0 Å². The minimum Gasteiger partial charge on any atom is -0.493 e. The number of hydrogen-bond acceptors (Lipinski definition) is 3. The molecule has 0 aliphatic carbocycles. The lowest BCUT2D eigenvalue weighted by molar-refractivity contribution is 0.213.